The van der Waals surface area contributed by atoms with Crippen LogP contribution in [0.1, 0.15) is 32.8 Å². The first-order valence-electron chi connectivity index (χ1n) is 6.36. The van der Waals surface area contributed by atoms with Gasteiger partial charge in [0.2, 0.25) is 0 Å². The molecular weight excluding hydrogens is 278 g/mol. The van der Waals surface area contributed by atoms with Crippen molar-refractivity contribution < 1.29 is 13.6 Å². The lowest BCUT2D eigenvalue weighted by Gasteiger charge is -2.33. The van der Waals surface area contributed by atoms with Gasteiger partial charge < -0.3 is 5.21 Å². The molecule has 0 saturated heterocycles. The van der Waals surface area contributed by atoms with Crippen LogP contribution in [0.2, 0.25) is 0 Å². The minimum atomic E-state index is -3.64. The molecule has 20 heavy (non-hydrogen) atoms. The van der Waals surface area contributed by atoms with E-state index in [9.17, 15) is 8.42 Å². The fourth-order valence-electron chi connectivity index (χ4n) is 2.19. The van der Waals surface area contributed by atoms with Crippen molar-refractivity contribution in [2.24, 2.45) is 5.16 Å². The Hall–Kier alpha value is -1.60. The highest BCUT2D eigenvalue weighted by molar-refractivity contribution is 7.91. The molecule has 0 aromatic heterocycles. The molecule has 0 atom stereocenters. The zero-order chi connectivity index (χ0) is 15.0. The van der Waals surface area contributed by atoms with E-state index in [1.807, 2.05) is 0 Å². The lowest BCUT2D eigenvalue weighted by atomic mass is 10.0. The fourth-order valence-corrected chi connectivity index (χ4v) is 3.83. The summed E-state index contributed by atoms with van der Waals surface area (Å²) in [5, 5.41) is 12.3. The maximum Gasteiger partial charge on any atom is 0.302 e. The van der Waals surface area contributed by atoms with Crippen molar-refractivity contribution in [2.75, 3.05) is 10.8 Å². The van der Waals surface area contributed by atoms with E-state index < -0.39 is 15.7 Å². The summed E-state index contributed by atoms with van der Waals surface area (Å²) in [6.07, 6.45) is 0.374. The summed E-state index contributed by atoms with van der Waals surface area (Å²) in [4.78, 5) is 0. The van der Waals surface area contributed by atoms with Gasteiger partial charge in [0.15, 0.2) is 0 Å². The topological polar surface area (TPSA) is 82.0 Å². The molecule has 1 aliphatic rings. The van der Waals surface area contributed by atoms with Crippen LogP contribution in [0.4, 0.5) is 5.69 Å². The van der Waals surface area contributed by atoms with Crippen molar-refractivity contribution >= 4 is 21.6 Å². The van der Waals surface area contributed by atoms with Gasteiger partial charge in [-0.25, -0.2) is 0 Å². The van der Waals surface area contributed by atoms with Crippen LogP contribution in [0.15, 0.2) is 29.4 Å². The van der Waals surface area contributed by atoms with E-state index in [2.05, 4.69) is 9.88 Å². The molecule has 1 aromatic rings. The zero-order valence-corrected chi connectivity index (χ0v) is 12.6. The summed E-state index contributed by atoms with van der Waals surface area (Å²) < 4.78 is 28.9. The van der Waals surface area contributed by atoms with Gasteiger partial charge >= 0.3 is 10.2 Å². The number of rotatable bonds is 2. The average Bonchev–Trinajstić information content (AvgIpc) is 2.34. The molecule has 2 N–H and O–H groups in total. The second kappa shape index (κ2) is 5.06. The lowest BCUT2D eigenvalue weighted by molar-refractivity contribution is 0.318. The number of benzene rings is 1. The first-order chi connectivity index (χ1) is 9.24. The number of nitrogens with one attached hydrogen (secondary N) is 1. The van der Waals surface area contributed by atoms with Crippen molar-refractivity contribution in [3.8, 4) is 0 Å². The largest absolute Gasteiger partial charge is 0.411 e. The van der Waals surface area contributed by atoms with E-state index in [0.29, 0.717) is 23.4 Å². The summed E-state index contributed by atoms with van der Waals surface area (Å²) in [5.74, 6) is 0. The zero-order valence-electron chi connectivity index (χ0n) is 11.8. The van der Waals surface area contributed by atoms with E-state index in [0.717, 1.165) is 0 Å². The molecule has 0 bridgehead atoms. The minimum Gasteiger partial charge on any atom is -0.411 e. The Morgan fingerprint density at radius 1 is 1.30 bits per heavy atom. The quantitative estimate of drug-likeness (QED) is 0.644. The van der Waals surface area contributed by atoms with Crippen molar-refractivity contribution in [2.45, 2.75) is 32.7 Å². The van der Waals surface area contributed by atoms with Crippen molar-refractivity contribution in [1.82, 2.24) is 4.72 Å². The second-order valence-electron chi connectivity index (χ2n) is 5.74. The van der Waals surface area contributed by atoms with Crippen LogP contribution in [-0.4, -0.2) is 31.4 Å². The summed E-state index contributed by atoms with van der Waals surface area (Å²) >= 11 is 0. The normalized spacial score (nSPS) is 18.1. The molecule has 1 aliphatic heterocycles. The summed E-state index contributed by atoms with van der Waals surface area (Å²) in [6, 6.07) is 7.01. The number of nitrogens with zero attached hydrogens (tertiary/aromatic N) is 2. The van der Waals surface area contributed by atoms with Gasteiger partial charge in [0.05, 0.1) is 11.4 Å². The predicted octanol–water partition coefficient (Wildman–Crippen LogP) is 1.71. The highest BCUT2D eigenvalue weighted by Crippen LogP contribution is 2.29. The molecule has 0 saturated carbocycles. The fraction of sp³-hybridized carbons (Fsp3) is 0.462. The van der Waals surface area contributed by atoms with Gasteiger partial charge in [0, 0.05) is 24.1 Å². The number of anilines is 1. The monoisotopic (exact) mass is 297 g/mol. The third kappa shape index (κ3) is 2.94. The third-order valence-corrected chi connectivity index (χ3v) is 4.71. The molecule has 0 spiro atoms. The highest BCUT2D eigenvalue weighted by atomic mass is 32.2. The molecule has 6 nitrogen and oxygen atoms in total. The first-order valence-corrected chi connectivity index (χ1v) is 7.80. The Labute approximate surface area is 119 Å². The van der Waals surface area contributed by atoms with Crippen molar-refractivity contribution in [1.29, 1.82) is 0 Å². The van der Waals surface area contributed by atoms with E-state index in [-0.39, 0.29) is 6.54 Å². The molecule has 1 heterocycles. The number of hydrogen-bond donors (Lipinski definition) is 2. The highest BCUT2D eigenvalue weighted by Gasteiger charge is 2.32. The van der Waals surface area contributed by atoms with Crippen molar-refractivity contribution in [3.05, 3.63) is 29.8 Å². The Bertz CT molecular complexity index is 633. The Morgan fingerprint density at radius 2 is 1.95 bits per heavy atom. The van der Waals surface area contributed by atoms with E-state index >= 15 is 0 Å². The van der Waals surface area contributed by atoms with Crippen LogP contribution >= 0.6 is 0 Å². The average molecular weight is 297 g/mol. The van der Waals surface area contributed by atoms with Gasteiger partial charge in [-0.3, -0.25) is 4.31 Å². The molecule has 1 aromatic carbocycles. The molecule has 2 rings (SSSR count). The van der Waals surface area contributed by atoms with E-state index in [1.165, 1.54) is 4.31 Å². The summed E-state index contributed by atoms with van der Waals surface area (Å²) in [7, 11) is -3.64. The number of fused-ring (bicyclic) bond motifs is 1. The molecule has 0 fully saturated rings. The van der Waals surface area contributed by atoms with Crippen LogP contribution in [-0.2, 0) is 10.2 Å². The third-order valence-electron chi connectivity index (χ3n) is 2.88. The van der Waals surface area contributed by atoms with Crippen LogP contribution < -0.4 is 9.03 Å². The molecule has 7 heteroatoms. The van der Waals surface area contributed by atoms with E-state index in [1.54, 1.807) is 45.0 Å². The van der Waals surface area contributed by atoms with E-state index in [4.69, 9.17) is 5.21 Å². The van der Waals surface area contributed by atoms with Gasteiger partial charge in [-0.2, -0.15) is 13.1 Å². The van der Waals surface area contributed by atoms with Crippen LogP contribution in [0, 0.1) is 0 Å². The van der Waals surface area contributed by atoms with Gasteiger partial charge in [-0.15, -0.1) is 0 Å². The maximum absolute atomic E-state index is 12.5. The molecule has 0 radical (unpaired) electrons. The molecular formula is C13H19N3O3S. The summed E-state index contributed by atoms with van der Waals surface area (Å²) in [5.41, 5.74) is 1.12. The number of hydrogen-bond acceptors (Lipinski definition) is 4. The van der Waals surface area contributed by atoms with Crippen molar-refractivity contribution in [3.63, 3.8) is 0 Å². The first kappa shape index (κ1) is 14.8. The lowest BCUT2D eigenvalue weighted by Crippen LogP contribution is -2.51. The summed E-state index contributed by atoms with van der Waals surface area (Å²) in [6.45, 7) is 5.63. The standard InChI is InChI=1S/C13H19N3O3S/c1-13(2,3)15-20(18,19)16-9-8-11(14-17)10-6-4-5-7-12(10)16/h4-7,15,17H,8-9H2,1-3H3/b14-11-. The smallest absolute Gasteiger partial charge is 0.302 e. The molecule has 0 unspecified atom stereocenters. The van der Waals surface area contributed by atoms with Gasteiger partial charge in [0.25, 0.3) is 0 Å². The Kier molecular flexibility index (Phi) is 3.75. The van der Waals surface area contributed by atoms with Crippen LogP contribution in [0.25, 0.3) is 0 Å². The Balaban J connectivity index is 2.46. The number of oxime groups is 1. The number of para-hydroxylation sites is 1. The van der Waals surface area contributed by atoms with Gasteiger partial charge in [0.1, 0.15) is 0 Å². The van der Waals surface area contributed by atoms with Gasteiger partial charge in [-0.05, 0) is 26.8 Å². The predicted molar refractivity (Wildman–Crippen MR) is 78.5 cm³/mol. The minimum absolute atomic E-state index is 0.252. The second-order valence-corrected chi connectivity index (χ2v) is 7.34. The molecule has 0 aliphatic carbocycles. The van der Waals surface area contributed by atoms with Crippen LogP contribution in [0.3, 0.4) is 0 Å². The maximum atomic E-state index is 12.5. The Morgan fingerprint density at radius 3 is 2.55 bits per heavy atom. The molecule has 0 amide bonds. The molecule has 110 valence electrons. The SMILES string of the molecule is CC(C)(C)NS(=O)(=O)N1CC/C(=N/O)c2ccccc21. The van der Waals surface area contributed by atoms with Crippen LogP contribution in [0.5, 0.6) is 0 Å². The van der Waals surface area contributed by atoms with Gasteiger partial charge in [-0.1, -0.05) is 23.4 Å².